The lowest BCUT2D eigenvalue weighted by Gasteiger charge is -2.00. The van der Waals surface area contributed by atoms with E-state index in [-0.39, 0.29) is 0 Å². The van der Waals surface area contributed by atoms with Crippen molar-refractivity contribution in [2.45, 2.75) is 0 Å². The molecule has 3 rings (SSSR count). The SMILES string of the molecule is Cn1cc2ccc(-c3cc(Cl)ncn3)cc2n1. The summed E-state index contributed by atoms with van der Waals surface area (Å²) in [5.74, 6) is 0. The van der Waals surface area contributed by atoms with E-state index in [4.69, 9.17) is 11.6 Å². The molecule has 0 fully saturated rings. The molecule has 5 heteroatoms. The van der Waals surface area contributed by atoms with E-state index in [2.05, 4.69) is 15.1 Å². The van der Waals surface area contributed by atoms with E-state index in [1.165, 1.54) is 6.33 Å². The second kappa shape index (κ2) is 3.82. The molecule has 0 saturated heterocycles. The highest BCUT2D eigenvalue weighted by Crippen LogP contribution is 2.22. The first-order valence-corrected chi connectivity index (χ1v) is 5.51. The van der Waals surface area contributed by atoms with E-state index in [0.717, 1.165) is 22.2 Å². The summed E-state index contributed by atoms with van der Waals surface area (Å²) in [4.78, 5) is 8.06. The second-order valence-corrected chi connectivity index (χ2v) is 4.19. The molecule has 0 unspecified atom stereocenters. The highest BCUT2D eigenvalue weighted by atomic mass is 35.5. The van der Waals surface area contributed by atoms with E-state index in [1.54, 1.807) is 10.7 Å². The minimum Gasteiger partial charge on any atom is -0.275 e. The Kier molecular flexibility index (Phi) is 2.30. The molecule has 17 heavy (non-hydrogen) atoms. The van der Waals surface area contributed by atoms with Crippen LogP contribution in [-0.2, 0) is 7.05 Å². The fourth-order valence-electron chi connectivity index (χ4n) is 1.79. The van der Waals surface area contributed by atoms with Gasteiger partial charge in [0, 0.05) is 30.3 Å². The van der Waals surface area contributed by atoms with E-state index < -0.39 is 0 Å². The quantitative estimate of drug-likeness (QED) is 0.618. The minimum atomic E-state index is 0.441. The highest BCUT2D eigenvalue weighted by Gasteiger charge is 2.04. The van der Waals surface area contributed by atoms with Gasteiger partial charge in [-0.15, -0.1) is 0 Å². The van der Waals surface area contributed by atoms with Crippen LogP contribution in [0.2, 0.25) is 5.15 Å². The van der Waals surface area contributed by atoms with Gasteiger partial charge in [-0.1, -0.05) is 23.7 Å². The number of hydrogen-bond donors (Lipinski definition) is 0. The molecular weight excluding hydrogens is 236 g/mol. The van der Waals surface area contributed by atoms with Gasteiger partial charge in [0.05, 0.1) is 11.2 Å². The van der Waals surface area contributed by atoms with Crippen molar-refractivity contribution in [2.75, 3.05) is 0 Å². The molecule has 0 saturated carbocycles. The molecule has 0 N–H and O–H groups in total. The lowest BCUT2D eigenvalue weighted by Crippen LogP contribution is -1.86. The summed E-state index contributed by atoms with van der Waals surface area (Å²) in [6.07, 6.45) is 3.44. The number of aryl methyl sites for hydroxylation is 1. The third-order valence-corrected chi connectivity index (χ3v) is 2.76. The van der Waals surface area contributed by atoms with Crippen molar-refractivity contribution in [3.8, 4) is 11.3 Å². The fourth-order valence-corrected chi connectivity index (χ4v) is 1.94. The monoisotopic (exact) mass is 244 g/mol. The van der Waals surface area contributed by atoms with Crippen LogP contribution in [0.3, 0.4) is 0 Å². The Labute approximate surface area is 103 Å². The van der Waals surface area contributed by atoms with Crippen molar-refractivity contribution in [2.24, 2.45) is 7.05 Å². The smallest absolute Gasteiger partial charge is 0.133 e. The Morgan fingerprint density at radius 1 is 1.18 bits per heavy atom. The summed E-state index contributed by atoms with van der Waals surface area (Å²) in [6.45, 7) is 0. The lowest BCUT2D eigenvalue weighted by atomic mass is 10.1. The number of rotatable bonds is 1. The average Bonchev–Trinajstić information content (AvgIpc) is 2.68. The van der Waals surface area contributed by atoms with Crippen LogP contribution in [0.25, 0.3) is 22.2 Å². The maximum Gasteiger partial charge on any atom is 0.133 e. The molecular formula is C12H9ClN4. The predicted octanol–water partition coefficient (Wildman–Crippen LogP) is 2.68. The Morgan fingerprint density at radius 3 is 2.88 bits per heavy atom. The first-order valence-electron chi connectivity index (χ1n) is 5.14. The zero-order chi connectivity index (χ0) is 11.8. The van der Waals surface area contributed by atoms with Gasteiger partial charge in [0.1, 0.15) is 11.5 Å². The van der Waals surface area contributed by atoms with Crippen LogP contribution in [0.5, 0.6) is 0 Å². The maximum atomic E-state index is 5.85. The summed E-state index contributed by atoms with van der Waals surface area (Å²) in [7, 11) is 1.90. The molecule has 0 aliphatic rings. The average molecular weight is 245 g/mol. The van der Waals surface area contributed by atoms with Crippen LogP contribution in [0, 0.1) is 0 Å². The number of nitrogens with zero attached hydrogens (tertiary/aromatic N) is 4. The molecule has 84 valence electrons. The third-order valence-electron chi connectivity index (χ3n) is 2.55. The minimum absolute atomic E-state index is 0.441. The number of fused-ring (bicyclic) bond motifs is 1. The summed E-state index contributed by atoms with van der Waals surface area (Å²) in [5.41, 5.74) is 2.73. The summed E-state index contributed by atoms with van der Waals surface area (Å²) in [5, 5.41) is 5.91. The molecule has 0 radical (unpaired) electrons. The molecule has 0 bridgehead atoms. The summed E-state index contributed by atoms with van der Waals surface area (Å²) < 4.78 is 1.79. The molecule has 4 nitrogen and oxygen atoms in total. The van der Waals surface area contributed by atoms with E-state index in [9.17, 15) is 0 Å². The van der Waals surface area contributed by atoms with Gasteiger partial charge in [-0.05, 0) is 6.07 Å². The molecule has 0 amide bonds. The first kappa shape index (κ1) is 10.2. The molecule has 1 aromatic carbocycles. The molecule has 2 aromatic heterocycles. The van der Waals surface area contributed by atoms with Crippen LogP contribution in [-0.4, -0.2) is 19.7 Å². The number of halogens is 1. The highest BCUT2D eigenvalue weighted by molar-refractivity contribution is 6.29. The van der Waals surface area contributed by atoms with Crippen molar-refractivity contribution >= 4 is 22.5 Å². The first-order chi connectivity index (χ1) is 8.22. The predicted molar refractivity (Wildman–Crippen MR) is 66.8 cm³/mol. The van der Waals surface area contributed by atoms with Gasteiger partial charge in [-0.3, -0.25) is 4.68 Å². The van der Waals surface area contributed by atoms with Crippen LogP contribution in [0.15, 0.2) is 36.8 Å². The van der Waals surface area contributed by atoms with Gasteiger partial charge >= 0.3 is 0 Å². The zero-order valence-electron chi connectivity index (χ0n) is 9.13. The van der Waals surface area contributed by atoms with E-state index >= 15 is 0 Å². The van der Waals surface area contributed by atoms with Gasteiger partial charge in [0.2, 0.25) is 0 Å². The lowest BCUT2D eigenvalue weighted by molar-refractivity contribution is 0.780. The van der Waals surface area contributed by atoms with Crippen molar-refractivity contribution in [3.05, 3.63) is 41.9 Å². The van der Waals surface area contributed by atoms with Crippen LogP contribution in [0.1, 0.15) is 0 Å². The Morgan fingerprint density at radius 2 is 2.06 bits per heavy atom. The molecule has 3 aromatic rings. The van der Waals surface area contributed by atoms with Gasteiger partial charge in [-0.25, -0.2) is 9.97 Å². The fraction of sp³-hybridized carbons (Fsp3) is 0.0833. The zero-order valence-corrected chi connectivity index (χ0v) is 9.89. The largest absolute Gasteiger partial charge is 0.275 e. The number of benzene rings is 1. The molecule has 2 heterocycles. The van der Waals surface area contributed by atoms with Crippen molar-refractivity contribution in [1.82, 2.24) is 19.7 Å². The summed E-state index contributed by atoms with van der Waals surface area (Å²) in [6, 6.07) is 7.76. The van der Waals surface area contributed by atoms with Gasteiger partial charge < -0.3 is 0 Å². The Bertz CT molecular complexity index is 690. The number of hydrogen-bond acceptors (Lipinski definition) is 3. The molecule has 0 atom stereocenters. The maximum absolute atomic E-state index is 5.85. The molecule has 0 spiro atoms. The third kappa shape index (κ3) is 1.87. The van der Waals surface area contributed by atoms with Crippen LogP contribution < -0.4 is 0 Å². The van der Waals surface area contributed by atoms with E-state index in [1.807, 2.05) is 31.4 Å². The van der Waals surface area contributed by atoms with Crippen molar-refractivity contribution in [1.29, 1.82) is 0 Å². The van der Waals surface area contributed by atoms with Crippen molar-refractivity contribution in [3.63, 3.8) is 0 Å². The van der Waals surface area contributed by atoms with Gasteiger partial charge in [0.15, 0.2) is 0 Å². The normalized spacial score (nSPS) is 10.9. The van der Waals surface area contributed by atoms with Crippen molar-refractivity contribution < 1.29 is 0 Å². The van der Waals surface area contributed by atoms with Crippen LogP contribution in [0.4, 0.5) is 0 Å². The van der Waals surface area contributed by atoms with Gasteiger partial charge in [0.25, 0.3) is 0 Å². The number of aromatic nitrogens is 4. The second-order valence-electron chi connectivity index (χ2n) is 3.80. The van der Waals surface area contributed by atoms with E-state index in [0.29, 0.717) is 5.15 Å². The van der Waals surface area contributed by atoms with Crippen LogP contribution >= 0.6 is 11.6 Å². The Hall–Kier alpha value is -1.94. The molecule has 0 aliphatic heterocycles. The molecule has 0 aliphatic carbocycles. The topological polar surface area (TPSA) is 43.6 Å². The van der Waals surface area contributed by atoms with Gasteiger partial charge in [-0.2, -0.15) is 5.10 Å². The standard InChI is InChI=1S/C12H9ClN4/c1-17-6-9-3-2-8(4-11(9)16-17)10-5-12(13)15-7-14-10/h2-7H,1H3. The summed E-state index contributed by atoms with van der Waals surface area (Å²) >= 11 is 5.85. The Balaban J connectivity index is 2.17.